The van der Waals surface area contributed by atoms with Gasteiger partial charge >= 0.3 is 6.18 Å². The Bertz CT molecular complexity index is 1760. The second kappa shape index (κ2) is 11.7. The van der Waals surface area contributed by atoms with Crippen molar-refractivity contribution < 1.29 is 21.6 Å². The van der Waals surface area contributed by atoms with Gasteiger partial charge < -0.3 is 5.73 Å². The highest BCUT2D eigenvalue weighted by molar-refractivity contribution is 7.90. The average Bonchev–Trinajstić information content (AvgIpc) is 3.43. The first-order valence-electron chi connectivity index (χ1n) is 12.4. The second-order valence-electron chi connectivity index (χ2n) is 9.16. The van der Waals surface area contributed by atoms with Crippen LogP contribution in [0.3, 0.4) is 0 Å². The molecule has 1 aliphatic heterocycles. The number of aliphatic imine (C=N–C) groups is 1. The Kier molecular flexibility index (Phi) is 8.10. The van der Waals surface area contributed by atoms with Crippen LogP contribution in [-0.4, -0.2) is 42.5 Å². The van der Waals surface area contributed by atoms with Crippen molar-refractivity contribution in [3.8, 4) is 0 Å². The van der Waals surface area contributed by atoms with E-state index in [-0.39, 0.29) is 24.3 Å². The summed E-state index contributed by atoms with van der Waals surface area (Å²) in [7, 11) is -4.54. The van der Waals surface area contributed by atoms with Crippen LogP contribution in [0.4, 0.5) is 13.2 Å². The minimum atomic E-state index is -4.63. The molecule has 13 heteroatoms. The number of aromatic nitrogens is 1. The molecule has 0 fully saturated rings. The normalized spacial score (nSPS) is 16.4. The molecule has 3 aromatic carbocycles. The first-order valence-corrected chi connectivity index (χ1v) is 14.3. The van der Waals surface area contributed by atoms with Gasteiger partial charge in [0.25, 0.3) is 16.0 Å². The fraction of sp³-hybridized carbons (Fsp3) is 0.103. The lowest BCUT2D eigenvalue weighted by molar-refractivity contribution is -0.137. The van der Waals surface area contributed by atoms with Gasteiger partial charge in [0.05, 0.1) is 22.7 Å². The number of rotatable bonds is 5. The van der Waals surface area contributed by atoms with E-state index in [4.69, 9.17) is 22.4 Å². The molecule has 0 spiro atoms. The Morgan fingerprint density at radius 3 is 2.19 bits per heavy atom. The van der Waals surface area contributed by atoms with Crippen LogP contribution in [0.2, 0.25) is 5.02 Å². The minimum absolute atomic E-state index is 0.0647. The molecule has 0 amide bonds. The Morgan fingerprint density at radius 1 is 0.929 bits per heavy atom. The predicted octanol–water partition coefficient (Wildman–Crippen LogP) is 5.71. The van der Waals surface area contributed by atoms with Crippen molar-refractivity contribution in [3.05, 3.63) is 131 Å². The third-order valence-corrected chi connectivity index (χ3v) is 7.89. The van der Waals surface area contributed by atoms with E-state index in [1.54, 1.807) is 36.4 Å². The van der Waals surface area contributed by atoms with Gasteiger partial charge in [-0.2, -0.15) is 31.7 Å². The molecule has 0 bridgehead atoms. The summed E-state index contributed by atoms with van der Waals surface area (Å²) < 4.78 is 69.8. The van der Waals surface area contributed by atoms with Crippen LogP contribution in [-0.2, 0) is 16.2 Å². The van der Waals surface area contributed by atoms with E-state index >= 15 is 0 Å². The van der Waals surface area contributed by atoms with Gasteiger partial charge in [0.1, 0.15) is 5.84 Å². The lowest BCUT2D eigenvalue weighted by Gasteiger charge is -2.16. The first-order chi connectivity index (χ1) is 20.0. The molecule has 0 unspecified atom stereocenters. The summed E-state index contributed by atoms with van der Waals surface area (Å²) in [5.41, 5.74) is 7.94. The van der Waals surface area contributed by atoms with E-state index in [9.17, 15) is 21.6 Å². The van der Waals surface area contributed by atoms with Crippen LogP contribution >= 0.6 is 11.6 Å². The van der Waals surface area contributed by atoms with Crippen LogP contribution in [0.15, 0.2) is 123 Å². The van der Waals surface area contributed by atoms with Gasteiger partial charge in [0, 0.05) is 28.9 Å². The molecule has 42 heavy (non-hydrogen) atoms. The molecule has 0 aliphatic carbocycles. The number of nitrogens with zero attached hydrogens (tertiary/aromatic N) is 5. The maximum absolute atomic E-state index is 13.3. The number of sulfonamides is 1. The van der Waals surface area contributed by atoms with Crippen LogP contribution in [0.1, 0.15) is 28.2 Å². The zero-order valence-electron chi connectivity index (χ0n) is 21.6. The number of hydrogen-bond acceptors (Lipinski definition) is 4. The number of halogens is 4. The zero-order valence-corrected chi connectivity index (χ0v) is 23.2. The van der Waals surface area contributed by atoms with Crippen LogP contribution in [0.25, 0.3) is 0 Å². The number of nitrogens with two attached hydrogens (primary N) is 1. The topological polar surface area (TPSA) is 113 Å². The van der Waals surface area contributed by atoms with Gasteiger partial charge in [-0.1, -0.05) is 54.1 Å². The van der Waals surface area contributed by atoms with Crippen molar-refractivity contribution in [3.63, 3.8) is 0 Å². The maximum atomic E-state index is 13.3. The number of pyridine rings is 1. The highest BCUT2D eigenvalue weighted by Crippen LogP contribution is 2.32. The number of hydrogen-bond donors (Lipinski definition) is 1. The van der Waals surface area contributed by atoms with E-state index in [1.807, 2.05) is 30.3 Å². The van der Waals surface area contributed by atoms with Crippen LogP contribution in [0.5, 0.6) is 0 Å². The molecule has 0 saturated heterocycles. The molecule has 1 atom stereocenters. The van der Waals surface area contributed by atoms with Crippen molar-refractivity contribution in [1.82, 2.24) is 9.99 Å². The largest absolute Gasteiger partial charge is 0.416 e. The van der Waals surface area contributed by atoms with E-state index in [2.05, 4.69) is 14.4 Å². The zero-order chi connectivity index (χ0) is 29.9. The highest BCUT2D eigenvalue weighted by Gasteiger charge is 2.34. The van der Waals surface area contributed by atoms with Crippen molar-refractivity contribution >= 4 is 39.1 Å². The van der Waals surface area contributed by atoms with Gasteiger partial charge in [0.2, 0.25) is 0 Å². The SMILES string of the molecule is N/C(=N\C(=N/S(=O)(=O)c1ccc(C(F)(F)F)cc1)N1C[C@H](c2ccccc2)C(c2ccc(Cl)cc2)=N1)c1ccncc1. The second-order valence-corrected chi connectivity index (χ2v) is 11.2. The number of alkyl halides is 3. The van der Waals surface area contributed by atoms with E-state index in [1.165, 1.54) is 17.4 Å². The van der Waals surface area contributed by atoms with E-state index in [0.29, 0.717) is 28.4 Å². The van der Waals surface area contributed by atoms with Crippen LogP contribution in [0, 0.1) is 0 Å². The van der Waals surface area contributed by atoms with Gasteiger partial charge in [-0.3, -0.25) is 4.98 Å². The number of hydrazone groups is 1. The van der Waals surface area contributed by atoms with E-state index in [0.717, 1.165) is 23.3 Å². The van der Waals surface area contributed by atoms with Gasteiger partial charge in [-0.15, -0.1) is 4.40 Å². The molecule has 1 aliphatic rings. The Hall–Kier alpha value is -4.55. The minimum Gasteiger partial charge on any atom is -0.383 e. The lowest BCUT2D eigenvalue weighted by atomic mass is 9.91. The Balaban J connectivity index is 1.62. The molecule has 8 nitrogen and oxygen atoms in total. The monoisotopic (exact) mass is 610 g/mol. The Labute approximate surface area is 244 Å². The summed E-state index contributed by atoms with van der Waals surface area (Å²) in [6.07, 6.45) is -1.65. The Morgan fingerprint density at radius 2 is 1.57 bits per heavy atom. The molecule has 2 heterocycles. The average molecular weight is 611 g/mol. The summed E-state index contributed by atoms with van der Waals surface area (Å²) in [6, 6.07) is 22.7. The number of amidine groups is 1. The molecular formula is C29H22ClF3N6O2S. The summed E-state index contributed by atoms with van der Waals surface area (Å²) in [5, 5.41) is 6.55. The fourth-order valence-corrected chi connectivity index (χ4v) is 5.31. The van der Waals surface area contributed by atoms with Gasteiger partial charge in [0.15, 0.2) is 0 Å². The highest BCUT2D eigenvalue weighted by atomic mass is 35.5. The number of guanidine groups is 1. The summed E-state index contributed by atoms with van der Waals surface area (Å²) in [5.74, 6) is -0.747. The molecule has 5 rings (SSSR count). The van der Waals surface area contributed by atoms with Crippen molar-refractivity contribution in [2.45, 2.75) is 17.0 Å². The third kappa shape index (κ3) is 6.50. The first kappa shape index (κ1) is 29.0. The predicted molar refractivity (Wildman–Crippen MR) is 155 cm³/mol. The quantitative estimate of drug-likeness (QED) is 0.230. The standard InChI is InChI=1S/C29H22ClF3N6O2S/c30-23-10-6-20(7-11-23)26-25(19-4-2-1-3-5-19)18-39(37-26)28(36-27(34)21-14-16-35-17-15-21)38-42(40,41)24-12-8-22(9-13-24)29(31,32)33/h1-17,25H,18H2,(H2,34,36,38)/t25-/m1/s1. The molecule has 4 aromatic rings. The number of benzene rings is 3. The van der Waals surface area contributed by atoms with Crippen molar-refractivity contribution in [1.29, 1.82) is 0 Å². The van der Waals surface area contributed by atoms with Crippen LogP contribution < -0.4 is 5.73 Å². The van der Waals surface area contributed by atoms with Gasteiger partial charge in [-0.05, 0) is 59.7 Å². The van der Waals surface area contributed by atoms with E-state index < -0.39 is 26.7 Å². The summed E-state index contributed by atoms with van der Waals surface area (Å²) >= 11 is 6.10. The summed E-state index contributed by atoms with van der Waals surface area (Å²) in [6.45, 7) is 0.149. The van der Waals surface area contributed by atoms with Gasteiger partial charge in [-0.25, -0.2) is 5.01 Å². The fourth-order valence-electron chi connectivity index (χ4n) is 4.25. The van der Waals surface area contributed by atoms with Crippen molar-refractivity contribution in [2.24, 2.45) is 20.2 Å². The third-order valence-electron chi connectivity index (χ3n) is 6.36. The molecule has 1 aromatic heterocycles. The summed E-state index contributed by atoms with van der Waals surface area (Å²) in [4.78, 5) is 7.81. The maximum Gasteiger partial charge on any atom is 0.416 e. The molecule has 0 saturated carbocycles. The van der Waals surface area contributed by atoms with Crippen molar-refractivity contribution in [2.75, 3.05) is 6.54 Å². The molecular weight excluding hydrogens is 589 g/mol. The molecule has 2 N–H and O–H groups in total. The smallest absolute Gasteiger partial charge is 0.383 e. The lowest BCUT2D eigenvalue weighted by Crippen LogP contribution is -2.28. The molecule has 0 radical (unpaired) electrons. The molecule has 214 valence electrons.